The summed E-state index contributed by atoms with van der Waals surface area (Å²) in [4.78, 5) is 5.97. The van der Waals surface area contributed by atoms with Crippen molar-refractivity contribution in [2.75, 3.05) is 12.3 Å². The van der Waals surface area contributed by atoms with Crippen LogP contribution in [0.15, 0.2) is 34.5 Å². The van der Waals surface area contributed by atoms with Gasteiger partial charge >= 0.3 is 0 Å². The molecule has 1 N–H and O–H groups in total. The number of nitrogens with zero attached hydrogens (tertiary/aromatic N) is 1. The van der Waals surface area contributed by atoms with Crippen LogP contribution in [0.5, 0.6) is 5.75 Å². The highest BCUT2D eigenvalue weighted by Crippen LogP contribution is 2.40. The molecule has 0 saturated carbocycles. The number of aromatic nitrogens is 1. The van der Waals surface area contributed by atoms with Crippen LogP contribution in [0.4, 0.5) is 0 Å². The topological polar surface area (TPSA) is 34.1 Å². The van der Waals surface area contributed by atoms with E-state index in [0.717, 1.165) is 28.7 Å². The maximum absolute atomic E-state index is 6.08. The zero-order valence-electron chi connectivity index (χ0n) is 11.6. The molecule has 1 aromatic carbocycles. The van der Waals surface area contributed by atoms with Crippen LogP contribution >= 0.6 is 23.1 Å². The molecule has 20 heavy (non-hydrogen) atoms. The van der Waals surface area contributed by atoms with Gasteiger partial charge in [0.05, 0.1) is 5.69 Å². The second kappa shape index (κ2) is 6.16. The average Bonchev–Trinajstić information content (AvgIpc) is 2.97. The highest BCUT2D eigenvalue weighted by atomic mass is 32.2. The number of hydrogen-bond donors (Lipinski definition) is 1. The molecule has 0 saturated heterocycles. The maximum Gasteiger partial charge on any atom is 0.159 e. The van der Waals surface area contributed by atoms with E-state index in [1.54, 1.807) is 11.3 Å². The van der Waals surface area contributed by atoms with Gasteiger partial charge in [0.2, 0.25) is 0 Å². The quantitative estimate of drug-likeness (QED) is 0.924. The minimum Gasteiger partial charge on any atom is -0.481 e. The van der Waals surface area contributed by atoms with Gasteiger partial charge in [-0.1, -0.05) is 19.1 Å². The molecule has 1 aliphatic rings. The van der Waals surface area contributed by atoms with Crippen molar-refractivity contribution < 1.29 is 4.74 Å². The highest BCUT2D eigenvalue weighted by molar-refractivity contribution is 7.99. The Bertz CT molecular complexity index is 585. The van der Waals surface area contributed by atoms with Crippen LogP contribution in [-0.2, 0) is 0 Å². The summed E-state index contributed by atoms with van der Waals surface area (Å²) >= 11 is 3.54. The summed E-state index contributed by atoms with van der Waals surface area (Å²) in [6, 6.07) is 8.51. The van der Waals surface area contributed by atoms with E-state index < -0.39 is 0 Å². The monoisotopic (exact) mass is 306 g/mol. The first kappa shape index (κ1) is 13.9. The molecule has 1 aromatic heterocycles. The zero-order valence-corrected chi connectivity index (χ0v) is 13.3. The van der Waals surface area contributed by atoms with Crippen molar-refractivity contribution in [3.63, 3.8) is 0 Å². The normalized spacial score (nSPS) is 19.2. The second-order valence-electron chi connectivity index (χ2n) is 4.75. The molecule has 5 heteroatoms. The number of para-hydroxylation sites is 1. The molecule has 0 fully saturated rings. The van der Waals surface area contributed by atoms with E-state index in [9.17, 15) is 0 Å². The number of thioether (sulfide) groups is 1. The Hall–Kier alpha value is -1.04. The first-order valence-electron chi connectivity index (χ1n) is 6.85. The van der Waals surface area contributed by atoms with Gasteiger partial charge in [0.25, 0.3) is 0 Å². The first-order valence-corrected chi connectivity index (χ1v) is 8.71. The largest absolute Gasteiger partial charge is 0.481 e. The van der Waals surface area contributed by atoms with E-state index in [2.05, 4.69) is 36.7 Å². The fraction of sp³-hybridized carbons (Fsp3) is 0.400. The molecular formula is C15H18N2OS2. The number of rotatable bonds is 4. The van der Waals surface area contributed by atoms with Gasteiger partial charge in [-0.05, 0) is 25.6 Å². The zero-order chi connectivity index (χ0) is 13.9. The summed E-state index contributed by atoms with van der Waals surface area (Å²) in [6.07, 6.45) is 0.0717. The van der Waals surface area contributed by atoms with Gasteiger partial charge in [0.15, 0.2) is 6.10 Å². The predicted octanol–water partition coefficient (Wildman–Crippen LogP) is 4.04. The van der Waals surface area contributed by atoms with E-state index in [1.807, 2.05) is 23.9 Å². The molecule has 2 aromatic rings. The van der Waals surface area contributed by atoms with Crippen LogP contribution in [0, 0.1) is 0 Å². The van der Waals surface area contributed by atoms with Gasteiger partial charge in [-0.25, -0.2) is 4.98 Å². The van der Waals surface area contributed by atoms with Gasteiger partial charge < -0.3 is 10.1 Å². The lowest BCUT2D eigenvalue weighted by Gasteiger charge is -2.23. The third-order valence-electron chi connectivity index (χ3n) is 3.28. The summed E-state index contributed by atoms with van der Waals surface area (Å²) in [5.41, 5.74) is 1.11. The molecule has 0 aliphatic carbocycles. The summed E-state index contributed by atoms with van der Waals surface area (Å²) in [7, 11) is 0. The van der Waals surface area contributed by atoms with Crippen molar-refractivity contribution in [1.29, 1.82) is 0 Å². The van der Waals surface area contributed by atoms with Gasteiger partial charge in [-0.3, -0.25) is 0 Å². The van der Waals surface area contributed by atoms with Crippen molar-refractivity contribution in [1.82, 2.24) is 10.3 Å². The molecule has 0 radical (unpaired) electrons. The van der Waals surface area contributed by atoms with E-state index in [4.69, 9.17) is 9.72 Å². The van der Waals surface area contributed by atoms with Crippen molar-refractivity contribution in [2.45, 2.75) is 30.9 Å². The van der Waals surface area contributed by atoms with Crippen molar-refractivity contribution >= 4 is 23.1 Å². The Labute approximate surface area is 127 Å². The lowest BCUT2D eigenvalue weighted by atomic mass is 10.2. The number of ether oxygens (including phenoxy) is 1. The Morgan fingerprint density at radius 2 is 2.30 bits per heavy atom. The van der Waals surface area contributed by atoms with Crippen LogP contribution in [0.3, 0.4) is 0 Å². The molecule has 3 rings (SSSR count). The van der Waals surface area contributed by atoms with Crippen molar-refractivity contribution in [3.05, 3.63) is 40.3 Å². The minimum absolute atomic E-state index is 0.0717. The van der Waals surface area contributed by atoms with Gasteiger partial charge in [-0.15, -0.1) is 23.1 Å². The summed E-state index contributed by atoms with van der Waals surface area (Å²) in [5, 5.41) is 6.60. The van der Waals surface area contributed by atoms with Crippen molar-refractivity contribution in [2.24, 2.45) is 0 Å². The number of hydrogen-bond acceptors (Lipinski definition) is 5. The van der Waals surface area contributed by atoms with E-state index in [-0.39, 0.29) is 6.10 Å². The first-order chi connectivity index (χ1) is 9.78. The predicted molar refractivity (Wildman–Crippen MR) is 84.7 cm³/mol. The molecule has 0 spiro atoms. The molecular weight excluding hydrogens is 288 g/mol. The highest BCUT2D eigenvalue weighted by Gasteiger charge is 2.24. The van der Waals surface area contributed by atoms with Crippen LogP contribution < -0.4 is 10.1 Å². The van der Waals surface area contributed by atoms with Crippen LogP contribution in [-0.4, -0.2) is 17.3 Å². The molecule has 0 bridgehead atoms. The average molecular weight is 306 g/mol. The summed E-state index contributed by atoms with van der Waals surface area (Å²) in [5.74, 6) is 1.91. The fourth-order valence-electron chi connectivity index (χ4n) is 2.20. The Morgan fingerprint density at radius 1 is 1.45 bits per heavy atom. The number of thiazole rings is 1. The molecule has 2 heterocycles. The second-order valence-corrected chi connectivity index (χ2v) is 6.71. The maximum atomic E-state index is 6.08. The standard InChI is InChI=1S/C15H18N2OS2/c1-3-16-10(2)11-8-20-15(17-11)13-9-19-14-7-5-4-6-12(14)18-13/h4-8,10,13,16H,3,9H2,1-2H3. The Balaban J connectivity index is 1.75. The molecule has 106 valence electrons. The minimum atomic E-state index is 0.0717. The Morgan fingerprint density at radius 3 is 3.15 bits per heavy atom. The van der Waals surface area contributed by atoms with Crippen LogP contribution in [0.2, 0.25) is 0 Å². The molecule has 2 unspecified atom stereocenters. The van der Waals surface area contributed by atoms with Gasteiger partial charge in [0.1, 0.15) is 10.8 Å². The number of nitrogens with one attached hydrogen (secondary N) is 1. The lowest BCUT2D eigenvalue weighted by Crippen LogP contribution is -2.19. The van der Waals surface area contributed by atoms with Crippen molar-refractivity contribution in [3.8, 4) is 5.75 Å². The summed E-state index contributed by atoms with van der Waals surface area (Å²) < 4.78 is 6.08. The smallest absolute Gasteiger partial charge is 0.159 e. The van der Waals surface area contributed by atoms with E-state index in [0.29, 0.717) is 6.04 Å². The summed E-state index contributed by atoms with van der Waals surface area (Å²) in [6.45, 7) is 5.22. The third-order valence-corrected chi connectivity index (χ3v) is 5.35. The van der Waals surface area contributed by atoms with Gasteiger partial charge in [0, 0.05) is 22.1 Å². The van der Waals surface area contributed by atoms with Gasteiger partial charge in [-0.2, -0.15) is 0 Å². The lowest BCUT2D eigenvalue weighted by molar-refractivity contribution is 0.219. The SMILES string of the molecule is CCNC(C)c1csc(C2CSc3ccccc3O2)n1. The van der Waals surface area contributed by atoms with E-state index >= 15 is 0 Å². The molecule has 2 atom stereocenters. The third kappa shape index (κ3) is 2.85. The fourth-order valence-corrected chi connectivity index (χ4v) is 4.23. The molecule has 1 aliphatic heterocycles. The van der Waals surface area contributed by atoms with Crippen LogP contribution in [0.25, 0.3) is 0 Å². The van der Waals surface area contributed by atoms with Crippen LogP contribution in [0.1, 0.15) is 36.7 Å². The Kier molecular flexibility index (Phi) is 4.29. The number of fused-ring (bicyclic) bond motifs is 1. The molecule has 3 nitrogen and oxygen atoms in total. The number of benzene rings is 1. The van der Waals surface area contributed by atoms with E-state index in [1.165, 1.54) is 4.90 Å². The molecule has 0 amide bonds.